The molecule has 0 aliphatic heterocycles. The Morgan fingerprint density at radius 1 is 1.39 bits per heavy atom. The first kappa shape index (κ1) is 14.5. The Balaban J connectivity index is 3.00. The zero-order chi connectivity index (χ0) is 13.9. The van der Waals surface area contributed by atoms with Crippen LogP contribution in [0.15, 0.2) is 12.1 Å². The van der Waals surface area contributed by atoms with E-state index >= 15 is 0 Å². The number of aryl methyl sites for hydroxylation is 2. The highest BCUT2D eigenvalue weighted by Crippen LogP contribution is 2.28. The van der Waals surface area contributed by atoms with E-state index in [1.807, 2.05) is 32.9 Å². The molecule has 0 saturated carbocycles. The summed E-state index contributed by atoms with van der Waals surface area (Å²) in [6.07, 6.45) is 0.348. The Morgan fingerprint density at radius 3 is 2.28 bits per heavy atom. The van der Waals surface area contributed by atoms with Crippen molar-refractivity contribution in [1.82, 2.24) is 0 Å². The first-order chi connectivity index (χ1) is 8.36. The molecule has 0 aliphatic carbocycles. The molecule has 0 aliphatic rings. The van der Waals surface area contributed by atoms with Crippen LogP contribution in [0.4, 0.5) is 5.69 Å². The van der Waals surface area contributed by atoms with Gasteiger partial charge in [-0.05, 0) is 44.0 Å². The fraction of sp³-hybridized carbons (Fsp3) is 0.500. The quantitative estimate of drug-likeness (QED) is 0.889. The highest BCUT2D eigenvalue weighted by atomic mass is 16.5. The Morgan fingerprint density at radius 2 is 1.89 bits per heavy atom. The van der Waals surface area contributed by atoms with Gasteiger partial charge in [-0.3, -0.25) is 4.79 Å². The van der Waals surface area contributed by atoms with Gasteiger partial charge in [-0.15, -0.1) is 0 Å². The molecular formula is C14H22N2O2. The molecule has 2 N–H and O–H groups in total. The molecule has 1 unspecified atom stereocenters. The van der Waals surface area contributed by atoms with E-state index in [0.29, 0.717) is 6.42 Å². The van der Waals surface area contributed by atoms with E-state index in [2.05, 4.69) is 0 Å². The summed E-state index contributed by atoms with van der Waals surface area (Å²) in [5.41, 5.74) is 8.56. The molecule has 1 amide bonds. The molecule has 1 aromatic rings. The Bertz CT molecular complexity index is 418. The summed E-state index contributed by atoms with van der Waals surface area (Å²) in [7, 11) is 3.42. The van der Waals surface area contributed by atoms with E-state index in [9.17, 15) is 4.79 Å². The normalized spacial score (nSPS) is 12.1. The second kappa shape index (κ2) is 5.87. The van der Waals surface area contributed by atoms with E-state index in [0.717, 1.165) is 22.6 Å². The lowest BCUT2D eigenvalue weighted by molar-refractivity contribution is -0.118. The molecule has 0 saturated heterocycles. The first-order valence-electron chi connectivity index (χ1n) is 6.04. The third-order valence-electron chi connectivity index (χ3n) is 2.91. The lowest BCUT2D eigenvalue weighted by Gasteiger charge is -2.21. The lowest BCUT2D eigenvalue weighted by Crippen LogP contribution is -2.31. The van der Waals surface area contributed by atoms with Crippen molar-refractivity contribution >= 4 is 11.6 Å². The topological polar surface area (TPSA) is 55.6 Å². The number of amides is 1. The van der Waals surface area contributed by atoms with Crippen LogP contribution in [-0.4, -0.2) is 26.1 Å². The Labute approximate surface area is 109 Å². The second-order valence-electron chi connectivity index (χ2n) is 4.75. The standard InChI is InChI=1S/C14H22N2O2/c1-9-6-12(7-10(2)14(9)18-5)16(4)13(17)8-11(3)15/h6-7,11H,8,15H2,1-5H3. The number of carbonyl (C=O) groups is 1. The van der Waals surface area contributed by atoms with Crippen LogP contribution in [0.5, 0.6) is 5.75 Å². The van der Waals surface area contributed by atoms with Gasteiger partial charge in [0.2, 0.25) is 5.91 Å². The van der Waals surface area contributed by atoms with Crippen LogP contribution in [0.2, 0.25) is 0 Å². The fourth-order valence-electron chi connectivity index (χ4n) is 2.00. The van der Waals surface area contributed by atoms with Gasteiger partial charge >= 0.3 is 0 Å². The molecule has 100 valence electrons. The number of benzene rings is 1. The van der Waals surface area contributed by atoms with Crippen molar-refractivity contribution in [3.63, 3.8) is 0 Å². The van der Waals surface area contributed by atoms with E-state index < -0.39 is 0 Å². The monoisotopic (exact) mass is 250 g/mol. The van der Waals surface area contributed by atoms with Gasteiger partial charge in [0.15, 0.2) is 0 Å². The third kappa shape index (κ3) is 3.23. The Kier molecular flexibility index (Phi) is 4.73. The van der Waals surface area contributed by atoms with Gasteiger partial charge in [0.25, 0.3) is 0 Å². The molecule has 1 atom stereocenters. The summed E-state index contributed by atoms with van der Waals surface area (Å²) in [5, 5.41) is 0. The summed E-state index contributed by atoms with van der Waals surface area (Å²) in [6, 6.07) is 3.77. The van der Waals surface area contributed by atoms with Crippen LogP contribution in [0.3, 0.4) is 0 Å². The van der Waals surface area contributed by atoms with Crippen molar-refractivity contribution in [3.05, 3.63) is 23.3 Å². The highest BCUT2D eigenvalue weighted by molar-refractivity contribution is 5.93. The molecule has 0 aromatic heterocycles. The second-order valence-corrected chi connectivity index (χ2v) is 4.75. The van der Waals surface area contributed by atoms with Crippen LogP contribution < -0.4 is 15.4 Å². The molecule has 18 heavy (non-hydrogen) atoms. The number of methoxy groups -OCH3 is 1. The molecule has 0 bridgehead atoms. The highest BCUT2D eigenvalue weighted by Gasteiger charge is 2.15. The maximum atomic E-state index is 11.9. The number of carbonyl (C=O) groups excluding carboxylic acids is 1. The average Bonchev–Trinajstić information content (AvgIpc) is 2.26. The fourth-order valence-corrected chi connectivity index (χ4v) is 2.00. The maximum absolute atomic E-state index is 11.9. The molecule has 1 aromatic carbocycles. The zero-order valence-electron chi connectivity index (χ0n) is 11.8. The average molecular weight is 250 g/mol. The largest absolute Gasteiger partial charge is 0.496 e. The van der Waals surface area contributed by atoms with Crippen molar-refractivity contribution in [2.45, 2.75) is 33.2 Å². The minimum atomic E-state index is -0.125. The first-order valence-corrected chi connectivity index (χ1v) is 6.04. The maximum Gasteiger partial charge on any atom is 0.228 e. The van der Waals surface area contributed by atoms with Crippen molar-refractivity contribution in [1.29, 1.82) is 0 Å². The molecule has 1 rings (SSSR count). The number of ether oxygens (including phenoxy) is 1. The molecule has 4 nitrogen and oxygen atoms in total. The molecule has 0 spiro atoms. The molecule has 0 radical (unpaired) electrons. The van der Waals surface area contributed by atoms with Crippen molar-refractivity contribution in [2.24, 2.45) is 5.73 Å². The molecule has 4 heteroatoms. The minimum Gasteiger partial charge on any atom is -0.496 e. The van der Waals surface area contributed by atoms with Gasteiger partial charge in [-0.2, -0.15) is 0 Å². The van der Waals surface area contributed by atoms with E-state index in [-0.39, 0.29) is 11.9 Å². The summed E-state index contributed by atoms with van der Waals surface area (Å²) in [5.74, 6) is 0.890. The van der Waals surface area contributed by atoms with Gasteiger partial charge in [-0.25, -0.2) is 0 Å². The number of rotatable bonds is 4. The number of nitrogens with two attached hydrogens (primary N) is 1. The van der Waals surface area contributed by atoms with Crippen LogP contribution >= 0.6 is 0 Å². The predicted octanol–water partition coefficient (Wildman–Crippen LogP) is 2.01. The zero-order valence-corrected chi connectivity index (χ0v) is 11.8. The van der Waals surface area contributed by atoms with E-state index in [4.69, 9.17) is 10.5 Å². The summed E-state index contributed by atoms with van der Waals surface area (Å²) < 4.78 is 5.31. The van der Waals surface area contributed by atoms with Crippen molar-refractivity contribution in [3.8, 4) is 5.75 Å². The summed E-state index contributed by atoms with van der Waals surface area (Å²) in [6.45, 7) is 5.77. The number of hydrogen-bond acceptors (Lipinski definition) is 3. The van der Waals surface area contributed by atoms with Crippen molar-refractivity contribution < 1.29 is 9.53 Å². The van der Waals surface area contributed by atoms with Gasteiger partial charge in [0, 0.05) is 25.2 Å². The van der Waals surface area contributed by atoms with E-state index in [1.165, 1.54) is 0 Å². The smallest absolute Gasteiger partial charge is 0.228 e. The van der Waals surface area contributed by atoms with Crippen LogP contribution in [-0.2, 0) is 4.79 Å². The van der Waals surface area contributed by atoms with Crippen LogP contribution in [0.1, 0.15) is 24.5 Å². The molecular weight excluding hydrogens is 228 g/mol. The number of hydrogen-bond donors (Lipinski definition) is 1. The SMILES string of the molecule is COc1c(C)cc(N(C)C(=O)CC(C)N)cc1C. The van der Waals surface area contributed by atoms with Crippen LogP contribution in [0.25, 0.3) is 0 Å². The molecule has 0 fully saturated rings. The molecule has 0 heterocycles. The summed E-state index contributed by atoms with van der Waals surface area (Å²) >= 11 is 0. The summed E-state index contributed by atoms with van der Waals surface area (Å²) in [4.78, 5) is 13.6. The van der Waals surface area contributed by atoms with Crippen molar-refractivity contribution in [2.75, 3.05) is 19.1 Å². The van der Waals surface area contributed by atoms with Gasteiger partial charge in [-0.1, -0.05) is 0 Å². The predicted molar refractivity (Wildman–Crippen MR) is 74.1 cm³/mol. The number of nitrogens with zero attached hydrogens (tertiary/aromatic N) is 1. The van der Waals surface area contributed by atoms with Gasteiger partial charge in [0.05, 0.1) is 7.11 Å². The van der Waals surface area contributed by atoms with Crippen LogP contribution in [0, 0.1) is 13.8 Å². The van der Waals surface area contributed by atoms with Gasteiger partial charge in [0.1, 0.15) is 5.75 Å². The van der Waals surface area contributed by atoms with E-state index in [1.54, 1.807) is 19.1 Å². The third-order valence-corrected chi connectivity index (χ3v) is 2.91. The Hall–Kier alpha value is -1.55. The minimum absolute atomic E-state index is 0.0222. The number of anilines is 1. The van der Waals surface area contributed by atoms with Gasteiger partial charge < -0.3 is 15.4 Å². The lowest BCUT2D eigenvalue weighted by atomic mass is 10.1.